The zero-order valence-corrected chi connectivity index (χ0v) is 13.4. The number of benzene rings is 1. The number of hydrogen-bond acceptors (Lipinski definition) is 2. The summed E-state index contributed by atoms with van der Waals surface area (Å²) in [5.41, 5.74) is 6.90. The lowest BCUT2D eigenvalue weighted by atomic mass is 9.95. The molecule has 0 amide bonds. The molecule has 0 saturated carbocycles. The summed E-state index contributed by atoms with van der Waals surface area (Å²) in [5, 5.41) is 1.54. The largest absolute Gasteiger partial charge is 0.330 e. The molecular weight excluding hydrogens is 303 g/mol. The maximum absolute atomic E-state index is 6.27. The number of likely N-dealkylation sites (tertiary alicyclic amines) is 1. The third kappa shape index (κ3) is 4.24. The molecule has 0 aliphatic carbocycles. The van der Waals surface area contributed by atoms with Crippen LogP contribution in [-0.2, 0) is 0 Å². The van der Waals surface area contributed by atoms with E-state index in [1.807, 2.05) is 18.2 Å². The van der Waals surface area contributed by atoms with E-state index >= 15 is 0 Å². The summed E-state index contributed by atoms with van der Waals surface area (Å²) in [5.74, 6) is 0.610. The highest BCUT2D eigenvalue weighted by atomic mass is 35.5. The normalized spacial score (nSPS) is 21.8. The molecule has 2 unspecified atom stereocenters. The number of nitrogens with two attached hydrogens (primary N) is 1. The van der Waals surface area contributed by atoms with Crippen LogP contribution < -0.4 is 5.73 Å². The Morgan fingerprint density at radius 3 is 2.84 bits per heavy atom. The Kier molecular flexibility index (Phi) is 6.92. The van der Waals surface area contributed by atoms with Crippen molar-refractivity contribution in [3.63, 3.8) is 0 Å². The van der Waals surface area contributed by atoms with Crippen molar-refractivity contribution < 1.29 is 0 Å². The van der Waals surface area contributed by atoms with Gasteiger partial charge in [0.15, 0.2) is 0 Å². The zero-order chi connectivity index (χ0) is 13.1. The molecular formula is C14H21Cl3N2. The fraction of sp³-hybridized carbons (Fsp3) is 0.571. The fourth-order valence-corrected chi connectivity index (χ4v) is 3.13. The van der Waals surface area contributed by atoms with Gasteiger partial charge in [0.1, 0.15) is 0 Å². The number of halogens is 3. The van der Waals surface area contributed by atoms with Gasteiger partial charge < -0.3 is 5.73 Å². The quantitative estimate of drug-likeness (QED) is 0.905. The molecule has 2 atom stereocenters. The van der Waals surface area contributed by atoms with E-state index in [0.717, 1.165) is 35.2 Å². The summed E-state index contributed by atoms with van der Waals surface area (Å²) < 4.78 is 0. The Labute approximate surface area is 131 Å². The Morgan fingerprint density at radius 1 is 1.42 bits per heavy atom. The summed E-state index contributed by atoms with van der Waals surface area (Å²) in [4.78, 5) is 2.46. The summed E-state index contributed by atoms with van der Waals surface area (Å²) in [6.07, 6.45) is 2.45. The Morgan fingerprint density at radius 2 is 2.16 bits per heavy atom. The van der Waals surface area contributed by atoms with E-state index in [-0.39, 0.29) is 12.4 Å². The molecule has 108 valence electrons. The first-order valence-electron chi connectivity index (χ1n) is 6.51. The first kappa shape index (κ1) is 17.1. The molecule has 1 aromatic carbocycles. The average Bonchev–Trinajstić information content (AvgIpc) is 2.41. The molecule has 2 rings (SSSR count). The van der Waals surface area contributed by atoms with Gasteiger partial charge in [-0.15, -0.1) is 12.4 Å². The van der Waals surface area contributed by atoms with Gasteiger partial charge in [0, 0.05) is 22.6 Å². The molecule has 5 heteroatoms. The number of hydrogen-bond donors (Lipinski definition) is 1. The first-order valence-corrected chi connectivity index (χ1v) is 7.26. The molecule has 1 aliphatic heterocycles. The van der Waals surface area contributed by atoms with Crippen LogP contribution in [0, 0.1) is 5.92 Å². The minimum absolute atomic E-state index is 0. The molecule has 1 aromatic rings. The van der Waals surface area contributed by atoms with Crippen LogP contribution in [0.2, 0.25) is 10.0 Å². The van der Waals surface area contributed by atoms with Gasteiger partial charge in [-0.3, -0.25) is 4.90 Å². The summed E-state index contributed by atoms with van der Waals surface area (Å²) in [6.45, 7) is 5.13. The molecule has 1 fully saturated rings. The van der Waals surface area contributed by atoms with E-state index in [0.29, 0.717) is 12.0 Å². The van der Waals surface area contributed by atoms with Crippen LogP contribution in [-0.4, -0.2) is 24.5 Å². The molecule has 19 heavy (non-hydrogen) atoms. The molecule has 1 aliphatic rings. The van der Waals surface area contributed by atoms with Crippen molar-refractivity contribution >= 4 is 35.6 Å². The van der Waals surface area contributed by atoms with E-state index in [1.54, 1.807) is 0 Å². The van der Waals surface area contributed by atoms with Gasteiger partial charge in [-0.1, -0.05) is 23.2 Å². The highest BCUT2D eigenvalue weighted by molar-refractivity contribution is 6.33. The van der Waals surface area contributed by atoms with Crippen LogP contribution in [0.15, 0.2) is 18.2 Å². The van der Waals surface area contributed by atoms with Crippen molar-refractivity contribution in [1.82, 2.24) is 4.90 Å². The van der Waals surface area contributed by atoms with Crippen molar-refractivity contribution in [2.75, 3.05) is 19.6 Å². The standard InChI is InChI=1S/C14H20Cl2N2.ClH/c1-10(13-7-12(15)4-5-14(13)16)18-6-2-3-11(8-17)9-18;/h4-5,7,10-11H,2-3,6,8-9,17H2,1H3;1H. The molecule has 0 spiro atoms. The van der Waals surface area contributed by atoms with Crippen molar-refractivity contribution in [1.29, 1.82) is 0 Å². The van der Waals surface area contributed by atoms with E-state index in [9.17, 15) is 0 Å². The number of piperidine rings is 1. The fourth-order valence-electron chi connectivity index (χ4n) is 2.67. The zero-order valence-electron chi connectivity index (χ0n) is 11.1. The molecule has 0 radical (unpaired) electrons. The number of nitrogens with zero attached hydrogens (tertiary/aromatic N) is 1. The minimum Gasteiger partial charge on any atom is -0.330 e. The third-order valence-electron chi connectivity index (χ3n) is 3.84. The van der Waals surface area contributed by atoms with E-state index in [1.165, 1.54) is 12.8 Å². The van der Waals surface area contributed by atoms with Crippen LogP contribution in [0.25, 0.3) is 0 Å². The van der Waals surface area contributed by atoms with Crippen LogP contribution in [0.5, 0.6) is 0 Å². The summed E-state index contributed by atoms with van der Waals surface area (Å²) >= 11 is 12.3. The SMILES string of the molecule is CC(c1cc(Cl)ccc1Cl)N1CCCC(CN)C1.Cl. The van der Waals surface area contributed by atoms with Crippen LogP contribution in [0.1, 0.15) is 31.4 Å². The molecule has 1 heterocycles. The lowest BCUT2D eigenvalue weighted by molar-refractivity contribution is 0.134. The molecule has 2 N–H and O–H groups in total. The Balaban J connectivity index is 0.00000180. The third-order valence-corrected chi connectivity index (χ3v) is 4.42. The van der Waals surface area contributed by atoms with Crippen LogP contribution in [0.3, 0.4) is 0 Å². The smallest absolute Gasteiger partial charge is 0.0454 e. The van der Waals surface area contributed by atoms with Crippen molar-refractivity contribution in [2.45, 2.75) is 25.8 Å². The van der Waals surface area contributed by atoms with Gasteiger partial charge in [0.25, 0.3) is 0 Å². The predicted molar refractivity (Wildman–Crippen MR) is 85.5 cm³/mol. The maximum Gasteiger partial charge on any atom is 0.0454 e. The Bertz CT molecular complexity index is 412. The van der Waals surface area contributed by atoms with Gasteiger partial charge >= 0.3 is 0 Å². The highest BCUT2D eigenvalue weighted by Gasteiger charge is 2.24. The van der Waals surface area contributed by atoms with Gasteiger partial charge in [-0.05, 0) is 62.5 Å². The summed E-state index contributed by atoms with van der Waals surface area (Å²) in [6, 6.07) is 5.98. The van der Waals surface area contributed by atoms with Gasteiger partial charge in [-0.2, -0.15) is 0 Å². The van der Waals surface area contributed by atoms with E-state index in [4.69, 9.17) is 28.9 Å². The second kappa shape index (κ2) is 7.70. The van der Waals surface area contributed by atoms with Gasteiger partial charge in [0.05, 0.1) is 0 Å². The maximum atomic E-state index is 6.27. The second-order valence-corrected chi connectivity index (χ2v) is 5.92. The van der Waals surface area contributed by atoms with Gasteiger partial charge in [-0.25, -0.2) is 0 Å². The van der Waals surface area contributed by atoms with E-state index in [2.05, 4.69) is 11.8 Å². The lowest BCUT2D eigenvalue weighted by Crippen LogP contribution is -2.39. The predicted octanol–water partition coefficient (Wildman–Crippen LogP) is 4.15. The minimum atomic E-state index is 0. The van der Waals surface area contributed by atoms with Crippen LogP contribution in [0.4, 0.5) is 0 Å². The molecule has 0 aromatic heterocycles. The molecule has 1 saturated heterocycles. The van der Waals surface area contributed by atoms with E-state index < -0.39 is 0 Å². The van der Waals surface area contributed by atoms with Gasteiger partial charge in [0.2, 0.25) is 0 Å². The second-order valence-electron chi connectivity index (χ2n) is 5.08. The summed E-state index contributed by atoms with van der Waals surface area (Å²) in [7, 11) is 0. The van der Waals surface area contributed by atoms with Crippen molar-refractivity contribution in [2.24, 2.45) is 11.7 Å². The van der Waals surface area contributed by atoms with Crippen LogP contribution >= 0.6 is 35.6 Å². The average molecular weight is 324 g/mol. The number of rotatable bonds is 3. The first-order chi connectivity index (χ1) is 8.61. The topological polar surface area (TPSA) is 29.3 Å². The molecule has 2 nitrogen and oxygen atoms in total. The molecule has 0 bridgehead atoms. The van der Waals surface area contributed by atoms with Crippen molar-refractivity contribution in [3.05, 3.63) is 33.8 Å². The Hall–Kier alpha value is 0.01000. The monoisotopic (exact) mass is 322 g/mol. The lowest BCUT2D eigenvalue weighted by Gasteiger charge is -2.37. The highest BCUT2D eigenvalue weighted by Crippen LogP contribution is 2.32. The van der Waals surface area contributed by atoms with Crippen molar-refractivity contribution in [3.8, 4) is 0 Å².